The van der Waals surface area contributed by atoms with Crippen molar-refractivity contribution in [1.29, 1.82) is 0 Å². The van der Waals surface area contributed by atoms with Crippen LogP contribution in [0, 0.1) is 19.8 Å². The lowest BCUT2D eigenvalue weighted by atomic mass is 9.99. The maximum absolute atomic E-state index is 10.9. The maximum atomic E-state index is 10.9. The summed E-state index contributed by atoms with van der Waals surface area (Å²) in [6, 6.07) is 0. The van der Waals surface area contributed by atoms with Crippen LogP contribution in [0.2, 0.25) is 0 Å². The molecule has 1 rings (SSSR count). The number of rotatable bonds is 5. The van der Waals surface area contributed by atoms with Crippen LogP contribution in [0.3, 0.4) is 0 Å². The summed E-state index contributed by atoms with van der Waals surface area (Å²) in [5.41, 5.74) is 2.76. The summed E-state index contributed by atoms with van der Waals surface area (Å²) in [6.45, 7) is 5.54. The van der Waals surface area contributed by atoms with Gasteiger partial charge in [0.1, 0.15) is 5.82 Å². The molecule has 1 atom stereocenters. The van der Waals surface area contributed by atoms with E-state index in [9.17, 15) is 4.79 Å². The van der Waals surface area contributed by atoms with Crippen molar-refractivity contribution in [3.05, 3.63) is 22.8 Å². The second-order valence-electron chi connectivity index (χ2n) is 4.17. The molecule has 0 saturated heterocycles. The van der Waals surface area contributed by atoms with Gasteiger partial charge in [0.2, 0.25) is 0 Å². The van der Waals surface area contributed by atoms with E-state index in [-0.39, 0.29) is 0 Å². The minimum atomic E-state index is -0.781. The Morgan fingerprint density at radius 2 is 1.88 bits per heavy atom. The van der Waals surface area contributed by atoms with E-state index in [0.29, 0.717) is 6.42 Å². The topological polar surface area (TPSA) is 63.1 Å². The molecule has 0 aromatic carbocycles. The molecule has 0 aliphatic rings. The van der Waals surface area contributed by atoms with E-state index >= 15 is 0 Å². The Hall–Kier alpha value is -1.10. The van der Waals surface area contributed by atoms with Crippen LogP contribution in [0.5, 0.6) is 0 Å². The van der Waals surface area contributed by atoms with Crippen molar-refractivity contribution >= 4 is 17.7 Å². The molecule has 0 aliphatic heterocycles. The maximum Gasteiger partial charge on any atom is 0.306 e. The zero-order chi connectivity index (χ0) is 13.0. The Kier molecular flexibility index (Phi) is 4.93. The molecule has 0 spiro atoms. The van der Waals surface area contributed by atoms with Gasteiger partial charge in [-0.15, -0.1) is 0 Å². The smallest absolute Gasteiger partial charge is 0.306 e. The van der Waals surface area contributed by atoms with E-state index < -0.39 is 11.9 Å². The summed E-state index contributed by atoms with van der Waals surface area (Å²) in [6.07, 6.45) is 2.50. The van der Waals surface area contributed by atoms with Crippen LogP contribution in [0.4, 0.5) is 0 Å². The largest absolute Gasteiger partial charge is 0.481 e. The third-order valence-electron chi connectivity index (χ3n) is 2.67. The first-order valence-corrected chi connectivity index (χ1v) is 6.89. The molecule has 94 valence electrons. The van der Waals surface area contributed by atoms with Crippen molar-refractivity contribution in [3.63, 3.8) is 0 Å². The fourth-order valence-corrected chi connectivity index (χ4v) is 2.08. The molecule has 0 amide bonds. The highest BCUT2D eigenvalue weighted by molar-refractivity contribution is 7.97. The van der Waals surface area contributed by atoms with E-state index in [2.05, 4.69) is 9.97 Å². The molecule has 17 heavy (non-hydrogen) atoms. The highest BCUT2D eigenvalue weighted by atomic mass is 32.2. The monoisotopic (exact) mass is 254 g/mol. The number of carbonyl (C=O) groups is 1. The Labute approximate surface area is 106 Å². The van der Waals surface area contributed by atoms with Gasteiger partial charge in [-0.25, -0.2) is 9.97 Å². The highest BCUT2D eigenvalue weighted by Crippen LogP contribution is 2.17. The van der Waals surface area contributed by atoms with E-state index in [1.807, 2.05) is 20.1 Å². The van der Waals surface area contributed by atoms with E-state index in [0.717, 1.165) is 28.5 Å². The lowest BCUT2D eigenvalue weighted by Gasteiger charge is -2.12. The van der Waals surface area contributed by atoms with Gasteiger partial charge in [0, 0.05) is 11.4 Å². The minimum absolute atomic E-state index is 0.401. The first-order chi connectivity index (χ1) is 7.95. The van der Waals surface area contributed by atoms with Gasteiger partial charge < -0.3 is 5.11 Å². The fraction of sp³-hybridized carbons (Fsp3) is 0.583. The predicted molar refractivity (Wildman–Crippen MR) is 69.2 cm³/mol. The third kappa shape index (κ3) is 3.70. The van der Waals surface area contributed by atoms with Crippen molar-refractivity contribution in [2.45, 2.75) is 32.9 Å². The SMILES string of the molecule is CSCc1nc(C)c(CC(C)C(=O)O)c(C)n1. The second-order valence-corrected chi connectivity index (χ2v) is 5.03. The fourth-order valence-electron chi connectivity index (χ4n) is 1.69. The zero-order valence-corrected chi connectivity index (χ0v) is 11.5. The Balaban J connectivity index is 2.97. The van der Waals surface area contributed by atoms with E-state index in [1.54, 1.807) is 18.7 Å². The van der Waals surface area contributed by atoms with E-state index in [1.165, 1.54) is 0 Å². The van der Waals surface area contributed by atoms with Crippen LogP contribution in [0.25, 0.3) is 0 Å². The lowest BCUT2D eigenvalue weighted by Crippen LogP contribution is -2.15. The average molecular weight is 254 g/mol. The molecule has 0 fully saturated rings. The normalized spacial score (nSPS) is 12.5. The van der Waals surface area contributed by atoms with Gasteiger partial charge in [0.15, 0.2) is 0 Å². The van der Waals surface area contributed by atoms with Crippen LogP contribution >= 0.6 is 11.8 Å². The summed E-state index contributed by atoms with van der Waals surface area (Å²) in [5.74, 6) is 0.426. The molecule has 1 N–H and O–H groups in total. The number of nitrogens with zero attached hydrogens (tertiary/aromatic N) is 2. The number of carboxylic acids is 1. The molecular weight excluding hydrogens is 236 g/mol. The summed E-state index contributed by atoms with van der Waals surface area (Å²) in [4.78, 5) is 19.7. The summed E-state index contributed by atoms with van der Waals surface area (Å²) < 4.78 is 0. The Bertz CT molecular complexity index is 398. The standard InChI is InChI=1S/C12H18N2O2S/c1-7(12(15)16)5-10-8(2)13-11(6-17-4)14-9(10)3/h7H,5-6H2,1-4H3,(H,15,16). The van der Waals surface area contributed by atoms with Crippen molar-refractivity contribution in [1.82, 2.24) is 9.97 Å². The summed E-state index contributed by atoms with van der Waals surface area (Å²) >= 11 is 1.68. The zero-order valence-electron chi connectivity index (χ0n) is 10.6. The molecule has 1 heterocycles. The molecule has 0 bridgehead atoms. The second kappa shape index (κ2) is 6.00. The molecule has 1 aromatic rings. The highest BCUT2D eigenvalue weighted by Gasteiger charge is 2.16. The molecule has 1 unspecified atom stereocenters. The van der Waals surface area contributed by atoms with Crippen LogP contribution in [-0.4, -0.2) is 27.3 Å². The first kappa shape index (κ1) is 14.0. The van der Waals surface area contributed by atoms with Crippen LogP contribution in [0.15, 0.2) is 0 Å². The predicted octanol–water partition coefficient (Wildman–Crippen LogP) is 2.22. The van der Waals surface area contributed by atoms with Gasteiger partial charge >= 0.3 is 5.97 Å². The molecule has 4 nitrogen and oxygen atoms in total. The minimum Gasteiger partial charge on any atom is -0.481 e. The van der Waals surface area contributed by atoms with Gasteiger partial charge in [-0.05, 0) is 32.1 Å². The van der Waals surface area contributed by atoms with Gasteiger partial charge in [-0.2, -0.15) is 11.8 Å². The third-order valence-corrected chi connectivity index (χ3v) is 3.22. The number of carboxylic acid groups (broad SMARTS) is 1. The number of hydrogen-bond donors (Lipinski definition) is 1. The quantitative estimate of drug-likeness (QED) is 0.873. The van der Waals surface area contributed by atoms with Gasteiger partial charge in [-0.3, -0.25) is 4.79 Å². The number of aliphatic carboxylic acids is 1. The van der Waals surface area contributed by atoms with Crippen molar-refractivity contribution in [2.24, 2.45) is 5.92 Å². The molecule has 0 radical (unpaired) electrons. The number of thioether (sulfide) groups is 1. The average Bonchev–Trinajstić information content (AvgIpc) is 2.23. The van der Waals surface area contributed by atoms with Gasteiger partial charge in [0.25, 0.3) is 0 Å². The lowest BCUT2D eigenvalue weighted by molar-refractivity contribution is -0.141. The van der Waals surface area contributed by atoms with Gasteiger partial charge in [0.05, 0.1) is 11.7 Å². The number of aryl methyl sites for hydroxylation is 2. The number of aromatic nitrogens is 2. The molecule has 0 saturated carbocycles. The van der Waals surface area contributed by atoms with Gasteiger partial charge in [-0.1, -0.05) is 6.92 Å². The van der Waals surface area contributed by atoms with Crippen molar-refractivity contribution in [2.75, 3.05) is 6.26 Å². The molecule has 5 heteroatoms. The summed E-state index contributed by atoms with van der Waals surface area (Å²) in [7, 11) is 0. The van der Waals surface area contributed by atoms with Crippen LogP contribution in [0.1, 0.15) is 29.7 Å². The molecular formula is C12H18N2O2S. The number of hydrogen-bond acceptors (Lipinski definition) is 4. The first-order valence-electron chi connectivity index (χ1n) is 5.50. The van der Waals surface area contributed by atoms with Crippen molar-refractivity contribution in [3.8, 4) is 0 Å². The van der Waals surface area contributed by atoms with Crippen LogP contribution in [-0.2, 0) is 17.0 Å². The Morgan fingerprint density at radius 1 is 1.35 bits per heavy atom. The van der Waals surface area contributed by atoms with Crippen molar-refractivity contribution < 1.29 is 9.90 Å². The molecule has 0 aliphatic carbocycles. The Morgan fingerprint density at radius 3 is 2.29 bits per heavy atom. The molecule has 1 aromatic heterocycles. The summed E-state index contributed by atoms with van der Waals surface area (Å²) in [5, 5.41) is 8.92. The van der Waals surface area contributed by atoms with E-state index in [4.69, 9.17) is 5.11 Å². The van der Waals surface area contributed by atoms with Crippen LogP contribution < -0.4 is 0 Å².